The van der Waals surface area contributed by atoms with E-state index in [1.165, 1.54) is 23.9 Å². The number of hydrogen-bond donors (Lipinski definition) is 1. The first kappa shape index (κ1) is 18.6. The Hall–Kier alpha value is -3.15. The molecule has 1 heterocycles. The number of fused-ring (bicyclic) bond motifs is 1. The zero-order chi connectivity index (χ0) is 19.4. The van der Waals surface area contributed by atoms with E-state index in [0.717, 1.165) is 24.1 Å². The third-order valence-electron chi connectivity index (χ3n) is 4.14. The SMILES string of the molecule is CCc1ccc(/C=C/C(=O)Nc2ccnc3cc(C(F)(F)F)ccc23)cc1. The van der Waals surface area contributed by atoms with E-state index in [-0.39, 0.29) is 11.4 Å². The topological polar surface area (TPSA) is 42.0 Å². The van der Waals surface area contributed by atoms with E-state index in [2.05, 4.69) is 17.2 Å². The van der Waals surface area contributed by atoms with Crippen molar-refractivity contribution in [3.8, 4) is 0 Å². The van der Waals surface area contributed by atoms with Gasteiger partial charge in [0.2, 0.25) is 5.91 Å². The Morgan fingerprint density at radius 1 is 1.11 bits per heavy atom. The zero-order valence-corrected chi connectivity index (χ0v) is 14.5. The maximum Gasteiger partial charge on any atom is 0.416 e. The van der Waals surface area contributed by atoms with Gasteiger partial charge in [0, 0.05) is 17.7 Å². The molecule has 0 unspecified atom stereocenters. The molecule has 2 aromatic carbocycles. The van der Waals surface area contributed by atoms with E-state index in [1.54, 1.807) is 12.1 Å². The van der Waals surface area contributed by atoms with Crippen molar-refractivity contribution in [1.29, 1.82) is 0 Å². The predicted octanol–water partition coefficient (Wildman–Crippen LogP) is 5.47. The fourth-order valence-corrected chi connectivity index (χ4v) is 2.64. The number of anilines is 1. The molecule has 1 aromatic heterocycles. The van der Waals surface area contributed by atoms with Crippen LogP contribution in [-0.2, 0) is 17.4 Å². The summed E-state index contributed by atoms with van der Waals surface area (Å²) in [5.41, 5.74) is 1.89. The van der Waals surface area contributed by atoms with E-state index in [0.29, 0.717) is 11.1 Å². The van der Waals surface area contributed by atoms with Gasteiger partial charge in [-0.05, 0) is 41.8 Å². The van der Waals surface area contributed by atoms with Crippen LogP contribution in [0.3, 0.4) is 0 Å². The number of nitrogens with zero attached hydrogens (tertiary/aromatic N) is 1. The number of halogens is 3. The lowest BCUT2D eigenvalue weighted by Crippen LogP contribution is -2.09. The summed E-state index contributed by atoms with van der Waals surface area (Å²) in [5, 5.41) is 3.13. The molecule has 0 fully saturated rings. The van der Waals surface area contributed by atoms with E-state index < -0.39 is 11.7 Å². The molecule has 1 N–H and O–H groups in total. The van der Waals surface area contributed by atoms with Crippen LogP contribution < -0.4 is 5.32 Å². The van der Waals surface area contributed by atoms with Crippen molar-refractivity contribution in [2.75, 3.05) is 5.32 Å². The van der Waals surface area contributed by atoms with Gasteiger partial charge in [-0.1, -0.05) is 37.3 Å². The summed E-state index contributed by atoms with van der Waals surface area (Å²) in [7, 11) is 0. The van der Waals surface area contributed by atoms with Gasteiger partial charge >= 0.3 is 6.18 Å². The minimum Gasteiger partial charge on any atom is -0.322 e. The Balaban J connectivity index is 1.79. The van der Waals surface area contributed by atoms with E-state index in [9.17, 15) is 18.0 Å². The number of aryl methyl sites for hydroxylation is 1. The Morgan fingerprint density at radius 2 is 1.85 bits per heavy atom. The van der Waals surface area contributed by atoms with Crippen molar-refractivity contribution in [3.63, 3.8) is 0 Å². The van der Waals surface area contributed by atoms with Crippen LogP contribution in [0.2, 0.25) is 0 Å². The number of alkyl halides is 3. The summed E-state index contributed by atoms with van der Waals surface area (Å²) in [6.45, 7) is 2.06. The van der Waals surface area contributed by atoms with Gasteiger partial charge in [0.15, 0.2) is 0 Å². The Bertz CT molecular complexity index is 992. The number of aromatic nitrogens is 1. The fraction of sp³-hybridized carbons (Fsp3) is 0.143. The number of pyridine rings is 1. The van der Waals surface area contributed by atoms with Crippen molar-refractivity contribution in [1.82, 2.24) is 4.98 Å². The molecule has 0 spiro atoms. The molecule has 3 aromatic rings. The molecular weight excluding hydrogens is 353 g/mol. The molecule has 0 bridgehead atoms. The van der Waals surface area contributed by atoms with Crippen molar-refractivity contribution >= 4 is 28.6 Å². The predicted molar refractivity (Wildman–Crippen MR) is 100 cm³/mol. The summed E-state index contributed by atoms with van der Waals surface area (Å²) >= 11 is 0. The molecule has 0 saturated carbocycles. The van der Waals surface area contributed by atoms with Crippen LogP contribution in [0.25, 0.3) is 17.0 Å². The molecule has 3 rings (SSSR count). The van der Waals surface area contributed by atoms with Crippen molar-refractivity contribution in [2.45, 2.75) is 19.5 Å². The Morgan fingerprint density at radius 3 is 2.52 bits per heavy atom. The van der Waals surface area contributed by atoms with Crippen LogP contribution in [0.4, 0.5) is 18.9 Å². The summed E-state index contributed by atoms with van der Waals surface area (Å²) in [6, 6.07) is 12.6. The quantitative estimate of drug-likeness (QED) is 0.619. The highest BCUT2D eigenvalue weighted by molar-refractivity contribution is 6.06. The average molecular weight is 370 g/mol. The highest BCUT2D eigenvalue weighted by atomic mass is 19.4. The van der Waals surface area contributed by atoms with Crippen LogP contribution in [0.1, 0.15) is 23.6 Å². The standard InChI is InChI=1S/C21H17F3N2O/c1-2-14-3-5-15(6-4-14)7-10-20(27)26-18-11-12-25-19-13-16(21(22,23)24)8-9-17(18)19/h3-13H,2H2,1H3,(H,25,26,27)/b10-7+. The van der Waals surface area contributed by atoms with Crippen molar-refractivity contribution < 1.29 is 18.0 Å². The second-order valence-electron chi connectivity index (χ2n) is 6.01. The first-order chi connectivity index (χ1) is 12.9. The second kappa shape index (κ2) is 7.61. The lowest BCUT2D eigenvalue weighted by molar-refractivity contribution is -0.137. The normalized spacial score (nSPS) is 11.9. The van der Waals surface area contributed by atoms with Crippen LogP contribution in [-0.4, -0.2) is 10.9 Å². The van der Waals surface area contributed by atoms with Crippen LogP contribution in [0, 0.1) is 0 Å². The van der Waals surface area contributed by atoms with E-state index in [4.69, 9.17) is 0 Å². The number of rotatable bonds is 4. The van der Waals surface area contributed by atoms with Gasteiger partial charge in [0.25, 0.3) is 0 Å². The monoisotopic (exact) mass is 370 g/mol. The highest BCUT2D eigenvalue weighted by Crippen LogP contribution is 2.32. The summed E-state index contributed by atoms with van der Waals surface area (Å²) in [5.74, 6) is -0.373. The molecule has 0 aliphatic rings. The van der Waals surface area contributed by atoms with Crippen molar-refractivity contribution in [2.24, 2.45) is 0 Å². The molecule has 6 heteroatoms. The van der Waals surface area contributed by atoms with Crippen LogP contribution >= 0.6 is 0 Å². The number of benzene rings is 2. The number of nitrogens with one attached hydrogen (secondary N) is 1. The second-order valence-corrected chi connectivity index (χ2v) is 6.01. The minimum atomic E-state index is -4.44. The number of hydrogen-bond acceptors (Lipinski definition) is 2. The molecule has 0 radical (unpaired) electrons. The largest absolute Gasteiger partial charge is 0.416 e. The molecular formula is C21H17F3N2O. The fourth-order valence-electron chi connectivity index (χ4n) is 2.64. The molecule has 0 aliphatic carbocycles. The molecule has 1 amide bonds. The van der Waals surface area contributed by atoms with Gasteiger partial charge in [-0.2, -0.15) is 13.2 Å². The maximum atomic E-state index is 12.8. The van der Waals surface area contributed by atoms with Gasteiger partial charge < -0.3 is 5.32 Å². The summed E-state index contributed by atoms with van der Waals surface area (Å²) in [6.07, 6.45) is 0.934. The minimum absolute atomic E-state index is 0.168. The third-order valence-corrected chi connectivity index (χ3v) is 4.14. The Labute approximate surface area is 154 Å². The van der Waals surface area contributed by atoms with Gasteiger partial charge in [-0.25, -0.2) is 0 Å². The number of carbonyl (C=O) groups is 1. The molecule has 27 heavy (non-hydrogen) atoms. The molecule has 3 nitrogen and oxygen atoms in total. The zero-order valence-electron chi connectivity index (χ0n) is 14.5. The van der Waals surface area contributed by atoms with Crippen LogP contribution in [0.5, 0.6) is 0 Å². The number of carbonyl (C=O) groups excluding carboxylic acids is 1. The molecule has 0 aliphatic heterocycles. The highest BCUT2D eigenvalue weighted by Gasteiger charge is 2.30. The maximum absolute atomic E-state index is 12.8. The summed E-state index contributed by atoms with van der Waals surface area (Å²) in [4.78, 5) is 16.1. The first-order valence-electron chi connectivity index (χ1n) is 8.41. The number of amides is 1. The van der Waals surface area contributed by atoms with Gasteiger partial charge in [0.05, 0.1) is 16.8 Å². The molecule has 138 valence electrons. The molecule has 0 atom stereocenters. The smallest absolute Gasteiger partial charge is 0.322 e. The van der Waals surface area contributed by atoms with E-state index in [1.807, 2.05) is 24.3 Å². The first-order valence-corrected chi connectivity index (χ1v) is 8.41. The van der Waals surface area contributed by atoms with Crippen molar-refractivity contribution in [3.05, 3.63) is 77.5 Å². The lowest BCUT2D eigenvalue weighted by Gasteiger charge is -2.10. The third kappa shape index (κ3) is 4.53. The van der Waals surface area contributed by atoms with E-state index >= 15 is 0 Å². The summed E-state index contributed by atoms with van der Waals surface area (Å²) < 4.78 is 38.5. The van der Waals surface area contributed by atoms with Gasteiger partial charge in [-0.3, -0.25) is 9.78 Å². The van der Waals surface area contributed by atoms with Gasteiger partial charge in [0.1, 0.15) is 0 Å². The Kier molecular flexibility index (Phi) is 5.26. The van der Waals surface area contributed by atoms with Crippen LogP contribution in [0.15, 0.2) is 60.8 Å². The molecule has 0 saturated heterocycles. The lowest BCUT2D eigenvalue weighted by atomic mass is 10.1. The average Bonchev–Trinajstić information content (AvgIpc) is 2.66. The van der Waals surface area contributed by atoms with Gasteiger partial charge in [-0.15, -0.1) is 0 Å².